The number of amides is 2. The fourth-order valence-corrected chi connectivity index (χ4v) is 2.94. The van der Waals surface area contributed by atoms with Crippen LogP contribution in [0, 0.1) is 5.92 Å². The Morgan fingerprint density at radius 3 is 2.38 bits per heavy atom. The van der Waals surface area contributed by atoms with Crippen LogP contribution in [0.25, 0.3) is 0 Å². The molecule has 8 heteroatoms. The van der Waals surface area contributed by atoms with Gasteiger partial charge in [0, 0.05) is 11.8 Å². The first kappa shape index (κ1) is 24.8. The summed E-state index contributed by atoms with van der Waals surface area (Å²) in [6, 6.07) is 7.40. The molecule has 0 saturated carbocycles. The summed E-state index contributed by atoms with van der Waals surface area (Å²) in [6.45, 7) is 5.85. The Morgan fingerprint density at radius 2 is 1.83 bits per heavy atom. The number of benzene rings is 1. The third kappa shape index (κ3) is 8.73. The normalized spacial score (nSPS) is 12.8. The van der Waals surface area contributed by atoms with E-state index in [1.807, 2.05) is 51.1 Å². The van der Waals surface area contributed by atoms with E-state index < -0.39 is 30.1 Å². The van der Waals surface area contributed by atoms with Crippen molar-refractivity contribution in [2.75, 3.05) is 7.11 Å². The van der Waals surface area contributed by atoms with Crippen molar-refractivity contribution in [1.82, 2.24) is 9.74 Å². The molecule has 1 rings (SSSR count). The summed E-state index contributed by atoms with van der Waals surface area (Å²) in [5, 5.41) is 2.67. The molecular formula is C21H31ClN2O5. The molecular weight excluding hydrogens is 396 g/mol. The first-order chi connectivity index (χ1) is 13.8. The zero-order valence-corrected chi connectivity index (χ0v) is 18.3. The Kier molecular flexibility index (Phi) is 11.1. The maximum atomic E-state index is 12.8. The van der Waals surface area contributed by atoms with Gasteiger partial charge in [0.15, 0.2) is 0 Å². The molecule has 0 radical (unpaired) electrons. The number of nitrogens with one attached hydrogen (secondary N) is 1. The average Bonchev–Trinajstić information content (AvgIpc) is 2.72. The number of hydrogen-bond acceptors (Lipinski definition) is 5. The van der Waals surface area contributed by atoms with Crippen molar-refractivity contribution in [2.24, 2.45) is 5.92 Å². The minimum absolute atomic E-state index is 0.0419. The molecule has 1 aromatic carbocycles. The fourth-order valence-electron chi connectivity index (χ4n) is 2.72. The molecule has 2 amide bonds. The van der Waals surface area contributed by atoms with Gasteiger partial charge >= 0.3 is 12.1 Å². The van der Waals surface area contributed by atoms with Gasteiger partial charge < -0.3 is 14.8 Å². The van der Waals surface area contributed by atoms with E-state index in [0.29, 0.717) is 12.8 Å². The number of carbonyl (C=O) groups is 3. The van der Waals surface area contributed by atoms with Crippen molar-refractivity contribution in [1.29, 1.82) is 0 Å². The quantitative estimate of drug-likeness (QED) is 0.426. The smallest absolute Gasteiger partial charge is 0.425 e. The Labute approximate surface area is 177 Å². The van der Waals surface area contributed by atoms with Crippen LogP contribution >= 0.6 is 11.8 Å². The topological polar surface area (TPSA) is 84.9 Å². The molecule has 0 heterocycles. The molecule has 0 aliphatic rings. The molecule has 2 atom stereocenters. The van der Waals surface area contributed by atoms with Crippen molar-refractivity contribution in [3.63, 3.8) is 0 Å². The monoisotopic (exact) mass is 426 g/mol. The van der Waals surface area contributed by atoms with Gasteiger partial charge in [-0.15, -0.1) is 0 Å². The number of halogens is 1. The largest absolute Gasteiger partial charge is 0.467 e. The van der Waals surface area contributed by atoms with Gasteiger partial charge in [-0.1, -0.05) is 63.9 Å². The lowest BCUT2D eigenvalue weighted by Crippen LogP contribution is -2.51. The number of unbranched alkanes of at least 4 members (excludes halogenated alkanes) is 1. The molecule has 1 aromatic rings. The highest BCUT2D eigenvalue weighted by molar-refractivity contribution is 6.22. The Morgan fingerprint density at radius 1 is 1.17 bits per heavy atom. The Balaban J connectivity index is 2.82. The third-order valence-corrected chi connectivity index (χ3v) is 4.67. The highest BCUT2D eigenvalue weighted by Gasteiger charge is 2.33. The van der Waals surface area contributed by atoms with E-state index in [1.165, 1.54) is 7.11 Å². The molecule has 0 aromatic heterocycles. The highest BCUT2D eigenvalue weighted by Crippen LogP contribution is 2.17. The van der Waals surface area contributed by atoms with Crippen LogP contribution in [0.1, 0.15) is 52.0 Å². The molecule has 29 heavy (non-hydrogen) atoms. The van der Waals surface area contributed by atoms with Crippen molar-refractivity contribution in [2.45, 2.75) is 65.1 Å². The number of ether oxygens (including phenoxy) is 2. The first-order valence-corrected chi connectivity index (χ1v) is 10.2. The lowest BCUT2D eigenvalue weighted by Gasteiger charge is -2.27. The Bertz CT molecular complexity index is 654. The van der Waals surface area contributed by atoms with Crippen LogP contribution in [0.3, 0.4) is 0 Å². The zero-order chi connectivity index (χ0) is 21.8. The number of rotatable bonds is 11. The molecule has 7 nitrogen and oxygen atoms in total. The van der Waals surface area contributed by atoms with E-state index in [-0.39, 0.29) is 12.5 Å². The van der Waals surface area contributed by atoms with Crippen LogP contribution < -0.4 is 5.32 Å². The Hall–Kier alpha value is -2.28. The van der Waals surface area contributed by atoms with Crippen molar-refractivity contribution in [3.05, 3.63) is 35.9 Å². The van der Waals surface area contributed by atoms with Gasteiger partial charge in [-0.3, -0.25) is 4.79 Å². The van der Waals surface area contributed by atoms with Crippen LogP contribution in [-0.2, 0) is 25.7 Å². The highest BCUT2D eigenvalue weighted by atomic mass is 35.5. The molecule has 0 spiro atoms. The molecule has 0 unspecified atom stereocenters. The van der Waals surface area contributed by atoms with Gasteiger partial charge in [-0.05, 0) is 24.3 Å². The van der Waals surface area contributed by atoms with Crippen LogP contribution in [0.4, 0.5) is 4.79 Å². The molecule has 0 bridgehead atoms. The van der Waals surface area contributed by atoms with E-state index >= 15 is 0 Å². The second-order valence-electron chi connectivity index (χ2n) is 7.22. The summed E-state index contributed by atoms with van der Waals surface area (Å²) in [7, 11) is 1.27. The molecule has 0 fully saturated rings. The summed E-state index contributed by atoms with van der Waals surface area (Å²) >= 11 is 6.19. The number of nitrogens with zero attached hydrogens (tertiary/aromatic N) is 1. The zero-order valence-electron chi connectivity index (χ0n) is 17.5. The maximum absolute atomic E-state index is 12.8. The van der Waals surface area contributed by atoms with Crippen molar-refractivity contribution >= 4 is 29.7 Å². The van der Waals surface area contributed by atoms with Crippen LogP contribution in [-0.4, -0.2) is 41.6 Å². The van der Waals surface area contributed by atoms with Crippen molar-refractivity contribution in [3.8, 4) is 0 Å². The summed E-state index contributed by atoms with van der Waals surface area (Å²) in [5.41, 5.74) is 0.807. The molecule has 0 aliphatic carbocycles. The minimum Gasteiger partial charge on any atom is -0.467 e. The van der Waals surface area contributed by atoms with Gasteiger partial charge in [0.2, 0.25) is 5.91 Å². The van der Waals surface area contributed by atoms with Gasteiger partial charge in [0.1, 0.15) is 18.7 Å². The van der Waals surface area contributed by atoms with Crippen molar-refractivity contribution < 1.29 is 23.9 Å². The second kappa shape index (κ2) is 13.0. The summed E-state index contributed by atoms with van der Waals surface area (Å²) in [5.74, 6) is -0.958. The summed E-state index contributed by atoms with van der Waals surface area (Å²) < 4.78 is 10.8. The third-order valence-electron chi connectivity index (χ3n) is 4.30. The van der Waals surface area contributed by atoms with Crippen LogP contribution in [0.5, 0.6) is 0 Å². The SMILES string of the molecule is CCCC[C@H](NC(=O)[C@H](CC(C)C)N(Cl)C(=O)OCc1ccccc1)C(=O)OC. The first-order valence-electron chi connectivity index (χ1n) is 9.84. The van der Waals surface area contributed by atoms with E-state index in [1.54, 1.807) is 0 Å². The number of methoxy groups -OCH3 is 1. The van der Waals surface area contributed by atoms with E-state index in [9.17, 15) is 14.4 Å². The van der Waals surface area contributed by atoms with Gasteiger partial charge in [0.25, 0.3) is 0 Å². The van der Waals surface area contributed by atoms with Gasteiger partial charge in [-0.2, -0.15) is 0 Å². The van der Waals surface area contributed by atoms with Crippen LogP contribution in [0.2, 0.25) is 0 Å². The molecule has 1 N–H and O–H groups in total. The van der Waals surface area contributed by atoms with Gasteiger partial charge in [-0.25, -0.2) is 14.0 Å². The summed E-state index contributed by atoms with van der Waals surface area (Å²) in [4.78, 5) is 37.2. The molecule has 0 saturated heterocycles. The van der Waals surface area contributed by atoms with E-state index in [2.05, 4.69) is 5.32 Å². The number of esters is 1. The summed E-state index contributed by atoms with van der Waals surface area (Å²) in [6.07, 6.45) is 1.56. The standard InChI is InChI=1S/C21H31ClN2O5/c1-5-6-12-17(20(26)28-4)23-19(25)18(13-15(2)3)24(22)21(27)29-14-16-10-8-7-9-11-16/h7-11,15,17-18H,5-6,12-14H2,1-4H3,(H,23,25)/t17-,18-/m0/s1. The molecule has 162 valence electrons. The maximum Gasteiger partial charge on any atom is 0.425 e. The predicted molar refractivity (Wildman–Crippen MR) is 111 cm³/mol. The minimum atomic E-state index is -0.978. The number of carbonyl (C=O) groups excluding carboxylic acids is 3. The van der Waals surface area contributed by atoms with Crippen LogP contribution in [0.15, 0.2) is 30.3 Å². The lowest BCUT2D eigenvalue weighted by molar-refractivity contribution is -0.145. The van der Waals surface area contributed by atoms with Gasteiger partial charge in [0.05, 0.1) is 7.11 Å². The second-order valence-corrected chi connectivity index (χ2v) is 7.59. The lowest BCUT2D eigenvalue weighted by atomic mass is 10.0. The molecule has 0 aliphatic heterocycles. The predicted octanol–water partition coefficient (Wildman–Crippen LogP) is 4.04. The fraction of sp³-hybridized carbons (Fsp3) is 0.571. The average molecular weight is 427 g/mol. The van der Waals surface area contributed by atoms with E-state index in [0.717, 1.165) is 22.8 Å². The number of hydrogen-bond donors (Lipinski definition) is 1. The van der Waals surface area contributed by atoms with E-state index in [4.69, 9.17) is 21.3 Å².